The molecule has 0 unspecified atom stereocenters. The van der Waals surface area contributed by atoms with E-state index in [0.717, 1.165) is 17.0 Å². The number of halogens is 1. The van der Waals surface area contributed by atoms with Crippen molar-refractivity contribution in [1.29, 1.82) is 0 Å². The highest BCUT2D eigenvalue weighted by atomic mass is 79.9. The van der Waals surface area contributed by atoms with E-state index in [1.54, 1.807) is 6.07 Å². The van der Waals surface area contributed by atoms with Crippen LogP contribution >= 0.6 is 15.9 Å². The Morgan fingerprint density at radius 1 is 1.19 bits per heavy atom. The van der Waals surface area contributed by atoms with Crippen LogP contribution in [0.5, 0.6) is 11.5 Å². The minimum Gasteiger partial charge on any atom is -0.454 e. The van der Waals surface area contributed by atoms with Crippen molar-refractivity contribution in [3.05, 3.63) is 56.5 Å². The highest BCUT2D eigenvalue weighted by Gasteiger charge is 2.13. The molecule has 3 rings (SSSR count). The summed E-state index contributed by atoms with van der Waals surface area (Å²) in [6.45, 7) is 0.783. The molecule has 0 radical (unpaired) electrons. The summed E-state index contributed by atoms with van der Waals surface area (Å²) in [5.74, 6) is 1.44. The van der Waals surface area contributed by atoms with E-state index in [1.807, 2.05) is 18.2 Å². The van der Waals surface area contributed by atoms with Crippen LogP contribution in [-0.4, -0.2) is 11.7 Å². The first-order chi connectivity index (χ1) is 10.1. The number of anilines is 1. The number of nitrogens with one attached hydrogen (secondary N) is 1. The van der Waals surface area contributed by atoms with Crippen LogP contribution in [0, 0.1) is 10.1 Å². The number of nitrogens with zero attached hydrogens (tertiary/aromatic N) is 1. The number of nitro groups is 1. The number of ether oxygens (including phenoxy) is 2. The van der Waals surface area contributed by atoms with Gasteiger partial charge in [0.15, 0.2) is 11.5 Å². The summed E-state index contributed by atoms with van der Waals surface area (Å²) in [7, 11) is 0. The van der Waals surface area contributed by atoms with Crippen LogP contribution in [0.4, 0.5) is 11.4 Å². The molecule has 108 valence electrons. The molecule has 0 fully saturated rings. The number of hydrogen-bond acceptors (Lipinski definition) is 5. The van der Waals surface area contributed by atoms with Crippen molar-refractivity contribution >= 4 is 27.3 Å². The van der Waals surface area contributed by atoms with E-state index in [9.17, 15) is 10.1 Å². The lowest BCUT2D eigenvalue weighted by atomic mass is 10.2. The second kappa shape index (κ2) is 5.61. The summed E-state index contributed by atoms with van der Waals surface area (Å²) >= 11 is 3.35. The van der Waals surface area contributed by atoms with E-state index < -0.39 is 4.92 Å². The first-order valence-electron chi connectivity index (χ1n) is 6.20. The number of rotatable bonds is 4. The van der Waals surface area contributed by atoms with Crippen molar-refractivity contribution in [3.63, 3.8) is 0 Å². The maximum atomic E-state index is 10.7. The van der Waals surface area contributed by atoms with Gasteiger partial charge in [0, 0.05) is 34.9 Å². The smallest absolute Gasteiger partial charge is 0.270 e. The standard InChI is InChI=1S/C14H11BrN2O4/c15-12-6-11(17(18)19)3-1-9(12)7-16-10-2-4-13-14(5-10)21-8-20-13/h1-6,16H,7-8H2. The van der Waals surface area contributed by atoms with Gasteiger partial charge in [0.2, 0.25) is 6.79 Å². The van der Waals surface area contributed by atoms with Crippen LogP contribution in [0.15, 0.2) is 40.9 Å². The molecule has 0 saturated carbocycles. The highest BCUT2D eigenvalue weighted by Crippen LogP contribution is 2.34. The molecule has 21 heavy (non-hydrogen) atoms. The fourth-order valence-electron chi connectivity index (χ4n) is 2.00. The lowest BCUT2D eigenvalue weighted by Gasteiger charge is -2.09. The zero-order chi connectivity index (χ0) is 14.8. The van der Waals surface area contributed by atoms with E-state index in [0.29, 0.717) is 16.8 Å². The van der Waals surface area contributed by atoms with Gasteiger partial charge in [-0.2, -0.15) is 0 Å². The average Bonchev–Trinajstić information content (AvgIpc) is 2.93. The minimum atomic E-state index is -0.417. The van der Waals surface area contributed by atoms with Crippen molar-refractivity contribution < 1.29 is 14.4 Å². The molecular formula is C14H11BrN2O4. The van der Waals surface area contributed by atoms with Crippen LogP contribution in [0.2, 0.25) is 0 Å². The van der Waals surface area contributed by atoms with Gasteiger partial charge in [-0.15, -0.1) is 0 Å². The zero-order valence-corrected chi connectivity index (χ0v) is 12.4. The second-order valence-electron chi connectivity index (χ2n) is 4.45. The van der Waals surface area contributed by atoms with E-state index in [-0.39, 0.29) is 12.5 Å². The van der Waals surface area contributed by atoms with Crippen LogP contribution in [-0.2, 0) is 6.54 Å². The third kappa shape index (κ3) is 2.92. The summed E-state index contributed by atoms with van der Waals surface area (Å²) in [5, 5.41) is 13.9. The van der Waals surface area contributed by atoms with E-state index in [2.05, 4.69) is 21.2 Å². The summed E-state index contributed by atoms with van der Waals surface area (Å²) in [5.41, 5.74) is 1.89. The van der Waals surface area contributed by atoms with E-state index in [1.165, 1.54) is 12.1 Å². The van der Waals surface area contributed by atoms with Gasteiger partial charge >= 0.3 is 0 Å². The Bertz CT molecular complexity index is 705. The van der Waals surface area contributed by atoms with Crippen molar-refractivity contribution in [2.45, 2.75) is 6.54 Å². The van der Waals surface area contributed by atoms with E-state index >= 15 is 0 Å². The largest absolute Gasteiger partial charge is 0.454 e. The zero-order valence-electron chi connectivity index (χ0n) is 10.8. The number of benzene rings is 2. The molecule has 1 heterocycles. The Morgan fingerprint density at radius 2 is 2.00 bits per heavy atom. The summed E-state index contributed by atoms with van der Waals surface area (Å²) in [6, 6.07) is 10.3. The Morgan fingerprint density at radius 3 is 2.76 bits per heavy atom. The minimum absolute atomic E-state index is 0.0636. The van der Waals surface area contributed by atoms with Crippen LogP contribution < -0.4 is 14.8 Å². The molecule has 6 nitrogen and oxygen atoms in total. The van der Waals surface area contributed by atoms with Gasteiger partial charge < -0.3 is 14.8 Å². The Kier molecular flexibility index (Phi) is 3.66. The SMILES string of the molecule is O=[N+]([O-])c1ccc(CNc2ccc3c(c2)OCO3)c(Br)c1. The molecule has 0 spiro atoms. The normalized spacial score (nSPS) is 12.2. The third-order valence-electron chi connectivity index (χ3n) is 3.10. The van der Waals surface area contributed by atoms with Gasteiger partial charge in [0.25, 0.3) is 5.69 Å². The molecule has 1 aliphatic rings. The molecule has 1 aliphatic heterocycles. The predicted octanol–water partition coefficient (Wildman–Crippen LogP) is 3.70. The topological polar surface area (TPSA) is 73.6 Å². The van der Waals surface area contributed by atoms with Crippen molar-refractivity contribution in [3.8, 4) is 11.5 Å². The average molecular weight is 351 g/mol. The van der Waals surface area contributed by atoms with Gasteiger partial charge in [-0.25, -0.2) is 0 Å². The predicted molar refractivity (Wildman–Crippen MR) is 80.7 cm³/mol. The molecule has 0 atom stereocenters. The fraction of sp³-hybridized carbons (Fsp3) is 0.143. The molecule has 0 aromatic heterocycles. The summed E-state index contributed by atoms with van der Waals surface area (Å²) in [4.78, 5) is 10.3. The maximum absolute atomic E-state index is 10.7. The molecule has 0 aliphatic carbocycles. The fourth-order valence-corrected chi connectivity index (χ4v) is 2.50. The molecule has 2 aromatic rings. The number of non-ortho nitro benzene ring substituents is 1. The summed E-state index contributed by atoms with van der Waals surface area (Å²) < 4.78 is 11.3. The molecular weight excluding hydrogens is 340 g/mol. The molecule has 7 heteroatoms. The van der Waals surface area contributed by atoms with Crippen molar-refractivity contribution in [2.75, 3.05) is 12.1 Å². The first-order valence-corrected chi connectivity index (χ1v) is 6.99. The summed E-state index contributed by atoms with van der Waals surface area (Å²) in [6.07, 6.45) is 0. The van der Waals surface area contributed by atoms with Gasteiger partial charge in [0.05, 0.1) is 4.92 Å². The molecule has 1 N–H and O–H groups in total. The Hall–Kier alpha value is -2.28. The van der Waals surface area contributed by atoms with Gasteiger partial charge in [0.1, 0.15) is 0 Å². The van der Waals surface area contributed by atoms with E-state index in [4.69, 9.17) is 9.47 Å². The number of nitro benzene ring substituents is 1. The van der Waals surface area contributed by atoms with Crippen molar-refractivity contribution in [2.24, 2.45) is 0 Å². The monoisotopic (exact) mass is 350 g/mol. The van der Waals surface area contributed by atoms with Gasteiger partial charge in [-0.3, -0.25) is 10.1 Å². The maximum Gasteiger partial charge on any atom is 0.270 e. The second-order valence-corrected chi connectivity index (χ2v) is 5.31. The third-order valence-corrected chi connectivity index (χ3v) is 3.84. The number of hydrogen-bond donors (Lipinski definition) is 1. The molecule has 0 bridgehead atoms. The lowest BCUT2D eigenvalue weighted by Crippen LogP contribution is -2.00. The van der Waals surface area contributed by atoms with Crippen LogP contribution in [0.25, 0.3) is 0 Å². The van der Waals surface area contributed by atoms with Crippen molar-refractivity contribution in [1.82, 2.24) is 0 Å². The molecule has 0 amide bonds. The quantitative estimate of drug-likeness (QED) is 0.672. The van der Waals surface area contributed by atoms with Crippen LogP contribution in [0.1, 0.15) is 5.56 Å². The Balaban J connectivity index is 1.71. The lowest BCUT2D eigenvalue weighted by molar-refractivity contribution is -0.384. The highest BCUT2D eigenvalue weighted by molar-refractivity contribution is 9.10. The van der Waals surface area contributed by atoms with Gasteiger partial charge in [-0.05, 0) is 23.8 Å². The molecule has 2 aromatic carbocycles. The van der Waals surface area contributed by atoms with Gasteiger partial charge in [-0.1, -0.05) is 15.9 Å². The number of fused-ring (bicyclic) bond motifs is 1. The first kappa shape index (κ1) is 13.7. The Labute approximate surface area is 129 Å². The molecule has 0 saturated heterocycles. The van der Waals surface area contributed by atoms with Crippen LogP contribution in [0.3, 0.4) is 0 Å².